The topological polar surface area (TPSA) is 47.6 Å². The highest BCUT2D eigenvalue weighted by molar-refractivity contribution is 5.39. The van der Waals surface area contributed by atoms with Gasteiger partial charge in [-0.3, -0.25) is 0 Å². The summed E-state index contributed by atoms with van der Waals surface area (Å²) in [6.07, 6.45) is 3.62. The van der Waals surface area contributed by atoms with Crippen LogP contribution in [0.1, 0.15) is 26.7 Å². The molecule has 13 heavy (non-hydrogen) atoms. The monoisotopic (exact) mass is 174 g/mol. The molecule has 0 heterocycles. The molecule has 0 saturated carbocycles. The molecule has 0 saturated heterocycles. The van der Waals surface area contributed by atoms with Gasteiger partial charge in [-0.15, -0.1) is 6.58 Å². The van der Waals surface area contributed by atoms with E-state index in [9.17, 15) is 0 Å². The van der Waals surface area contributed by atoms with Gasteiger partial charge in [-0.05, 0) is 31.3 Å². The van der Waals surface area contributed by atoms with Crippen LogP contribution in [0.4, 0.5) is 0 Å². The van der Waals surface area contributed by atoms with E-state index in [-0.39, 0.29) is 5.57 Å². The number of hydrogen-bond acceptors (Lipinski definition) is 2. The minimum absolute atomic E-state index is 0.247. The van der Waals surface area contributed by atoms with E-state index in [0.29, 0.717) is 5.92 Å². The van der Waals surface area contributed by atoms with Gasteiger partial charge in [0.2, 0.25) is 0 Å². The van der Waals surface area contributed by atoms with E-state index in [4.69, 9.17) is 10.5 Å². The molecule has 68 valence electrons. The van der Waals surface area contributed by atoms with Crippen LogP contribution in [-0.2, 0) is 0 Å². The second kappa shape index (κ2) is 6.03. The fourth-order valence-electron chi connectivity index (χ4n) is 0.903. The molecule has 2 nitrogen and oxygen atoms in total. The van der Waals surface area contributed by atoms with Gasteiger partial charge >= 0.3 is 0 Å². The molecule has 0 aromatic rings. The Balaban J connectivity index is 4.24. The van der Waals surface area contributed by atoms with Crippen molar-refractivity contribution in [2.45, 2.75) is 26.7 Å². The molecule has 0 amide bonds. The number of rotatable bonds is 4. The lowest BCUT2D eigenvalue weighted by molar-refractivity contribution is 0.645. The largest absolute Gasteiger partial charge is 0.192 e. The normalized spacial score (nSPS) is 10.8. The van der Waals surface area contributed by atoms with E-state index in [0.717, 1.165) is 18.4 Å². The first-order valence-electron chi connectivity index (χ1n) is 4.28. The van der Waals surface area contributed by atoms with Gasteiger partial charge in [0, 0.05) is 0 Å². The zero-order valence-corrected chi connectivity index (χ0v) is 8.17. The fourth-order valence-corrected chi connectivity index (χ4v) is 0.903. The van der Waals surface area contributed by atoms with Gasteiger partial charge in [0.25, 0.3) is 0 Å². The highest BCUT2D eigenvalue weighted by Crippen LogP contribution is 2.14. The van der Waals surface area contributed by atoms with Crippen LogP contribution < -0.4 is 0 Å². The molecule has 0 aliphatic rings. The van der Waals surface area contributed by atoms with E-state index in [1.807, 2.05) is 25.1 Å². The smallest absolute Gasteiger partial charge is 0.128 e. The molecule has 0 aliphatic carbocycles. The van der Waals surface area contributed by atoms with Crippen LogP contribution >= 0.6 is 0 Å². The minimum atomic E-state index is 0.247. The average molecular weight is 174 g/mol. The maximum atomic E-state index is 8.57. The van der Waals surface area contributed by atoms with E-state index in [1.165, 1.54) is 0 Å². The molecule has 0 aromatic carbocycles. The van der Waals surface area contributed by atoms with E-state index in [2.05, 4.69) is 13.5 Å². The SMILES string of the molecule is C=CC(C)CCC(C)=C(C#N)C#N. The summed E-state index contributed by atoms with van der Waals surface area (Å²) in [5.74, 6) is 0.439. The van der Waals surface area contributed by atoms with Gasteiger partial charge < -0.3 is 0 Å². The van der Waals surface area contributed by atoms with Crippen LogP contribution in [-0.4, -0.2) is 0 Å². The van der Waals surface area contributed by atoms with Crippen molar-refractivity contribution in [2.75, 3.05) is 0 Å². The third-order valence-corrected chi connectivity index (χ3v) is 2.03. The first kappa shape index (κ1) is 11.5. The molecule has 1 atom stereocenters. The van der Waals surface area contributed by atoms with Crippen LogP contribution in [0, 0.1) is 28.6 Å². The lowest BCUT2D eigenvalue weighted by Gasteiger charge is -2.04. The number of hydrogen-bond donors (Lipinski definition) is 0. The maximum Gasteiger partial charge on any atom is 0.128 e. The first-order chi connectivity index (χ1) is 6.15. The molecule has 0 radical (unpaired) electrons. The molecular weight excluding hydrogens is 160 g/mol. The quantitative estimate of drug-likeness (QED) is 0.486. The van der Waals surface area contributed by atoms with Crippen molar-refractivity contribution >= 4 is 0 Å². The highest BCUT2D eigenvalue weighted by atomic mass is 14.3. The summed E-state index contributed by atoms with van der Waals surface area (Å²) in [6.45, 7) is 7.58. The first-order valence-corrected chi connectivity index (χ1v) is 4.28. The molecule has 0 rings (SSSR count). The molecule has 1 unspecified atom stereocenters. The van der Waals surface area contributed by atoms with Crippen LogP contribution in [0.3, 0.4) is 0 Å². The fraction of sp³-hybridized carbons (Fsp3) is 0.455. The molecule has 0 bridgehead atoms. The second-order valence-corrected chi connectivity index (χ2v) is 3.13. The average Bonchev–Trinajstić information content (AvgIpc) is 2.16. The third-order valence-electron chi connectivity index (χ3n) is 2.03. The second-order valence-electron chi connectivity index (χ2n) is 3.13. The summed E-state index contributed by atoms with van der Waals surface area (Å²) < 4.78 is 0. The van der Waals surface area contributed by atoms with Crippen molar-refractivity contribution in [3.05, 3.63) is 23.8 Å². The summed E-state index contributed by atoms with van der Waals surface area (Å²) in [5.41, 5.74) is 1.12. The van der Waals surface area contributed by atoms with Crippen molar-refractivity contribution in [3.63, 3.8) is 0 Å². The lowest BCUT2D eigenvalue weighted by Crippen LogP contribution is -1.91. The van der Waals surface area contributed by atoms with Crippen molar-refractivity contribution in [1.29, 1.82) is 10.5 Å². The number of allylic oxidation sites excluding steroid dienone is 3. The Morgan fingerprint density at radius 1 is 1.46 bits per heavy atom. The molecule has 0 N–H and O–H groups in total. The van der Waals surface area contributed by atoms with Crippen LogP contribution in [0.15, 0.2) is 23.8 Å². The van der Waals surface area contributed by atoms with Crippen molar-refractivity contribution < 1.29 is 0 Å². The Bertz CT molecular complexity index is 270. The summed E-state index contributed by atoms with van der Waals surface area (Å²) >= 11 is 0. The molecule has 2 heteroatoms. The zero-order chi connectivity index (χ0) is 10.3. The maximum absolute atomic E-state index is 8.57. The summed E-state index contributed by atoms with van der Waals surface area (Å²) in [6, 6.07) is 3.77. The van der Waals surface area contributed by atoms with Crippen LogP contribution in [0.2, 0.25) is 0 Å². The summed E-state index contributed by atoms with van der Waals surface area (Å²) in [7, 11) is 0. The Morgan fingerprint density at radius 3 is 2.38 bits per heavy atom. The van der Waals surface area contributed by atoms with Crippen LogP contribution in [0.5, 0.6) is 0 Å². The van der Waals surface area contributed by atoms with Crippen LogP contribution in [0.25, 0.3) is 0 Å². The lowest BCUT2D eigenvalue weighted by atomic mass is 10.00. The summed E-state index contributed by atoms with van der Waals surface area (Å²) in [5, 5.41) is 17.1. The third kappa shape index (κ3) is 4.13. The van der Waals surface area contributed by atoms with E-state index in [1.54, 1.807) is 0 Å². The predicted octanol–water partition coefficient (Wildman–Crippen LogP) is 2.95. The van der Waals surface area contributed by atoms with E-state index >= 15 is 0 Å². The summed E-state index contributed by atoms with van der Waals surface area (Å²) in [4.78, 5) is 0. The minimum Gasteiger partial charge on any atom is -0.192 e. The van der Waals surface area contributed by atoms with E-state index < -0.39 is 0 Å². The molecule has 0 fully saturated rings. The molecule has 0 aromatic heterocycles. The zero-order valence-electron chi connectivity index (χ0n) is 8.17. The predicted molar refractivity (Wildman–Crippen MR) is 52.5 cm³/mol. The van der Waals surface area contributed by atoms with Crippen molar-refractivity contribution in [2.24, 2.45) is 5.92 Å². The van der Waals surface area contributed by atoms with Crippen molar-refractivity contribution in [3.8, 4) is 12.1 Å². The Labute approximate surface area is 79.8 Å². The Hall–Kier alpha value is -1.54. The molecule has 0 spiro atoms. The Morgan fingerprint density at radius 2 is 2.00 bits per heavy atom. The van der Waals surface area contributed by atoms with Gasteiger partial charge in [0.15, 0.2) is 0 Å². The number of nitriles is 2. The standard InChI is InChI=1S/C11H14N2/c1-4-9(2)5-6-10(3)11(7-12)8-13/h4,9H,1,5-6H2,2-3H3. The van der Waals surface area contributed by atoms with Gasteiger partial charge in [0.05, 0.1) is 0 Å². The van der Waals surface area contributed by atoms with Crippen molar-refractivity contribution in [1.82, 2.24) is 0 Å². The highest BCUT2D eigenvalue weighted by Gasteiger charge is 2.02. The molecule has 0 aliphatic heterocycles. The van der Waals surface area contributed by atoms with Gasteiger partial charge in [0.1, 0.15) is 17.7 Å². The van der Waals surface area contributed by atoms with Gasteiger partial charge in [-0.25, -0.2) is 0 Å². The van der Waals surface area contributed by atoms with Gasteiger partial charge in [-0.2, -0.15) is 10.5 Å². The Kier molecular flexibility index (Phi) is 5.32. The molecular formula is C11H14N2. The number of nitrogens with zero attached hydrogens (tertiary/aromatic N) is 2. The van der Waals surface area contributed by atoms with Gasteiger partial charge in [-0.1, -0.05) is 13.0 Å².